The molecule has 0 spiro atoms. The van der Waals surface area contributed by atoms with Crippen LogP contribution in [0.5, 0.6) is 0 Å². The summed E-state index contributed by atoms with van der Waals surface area (Å²) in [5.74, 6) is -0.855. The first-order valence-corrected chi connectivity index (χ1v) is 8.37. The molecule has 1 fully saturated rings. The molecule has 20 heavy (non-hydrogen) atoms. The number of anilines is 1. The first kappa shape index (κ1) is 15.7. The van der Waals surface area contributed by atoms with E-state index < -0.39 is 26.3 Å². The Hall–Kier alpha value is -0.700. The predicted molar refractivity (Wildman–Crippen MR) is 77.3 cm³/mol. The van der Waals surface area contributed by atoms with Gasteiger partial charge >= 0.3 is 0 Å². The van der Waals surface area contributed by atoms with Crippen molar-refractivity contribution in [3.05, 3.63) is 22.4 Å². The molecule has 1 saturated heterocycles. The average molecular weight is 367 g/mol. The first-order chi connectivity index (χ1) is 9.23. The van der Waals surface area contributed by atoms with E-state index in [9.17, 15) is 12.8 Å². The third-order valence-electron chi connectivity index (χ3n) is 3.13. The third-order valence-corrected chi connectivity index (χ3v) is 5.34. The molecule has 1 unspecified atom stereocenters. The van der Waals surface area contributed by atoms with Gasteiger partial charge in [-0.05, 0) is 47.8 Å². The normalized spacial score (nSPS) is 23.8. The lowest BCUT2D eigenvalue weighted by atomic mass is 9.97. The minimum atomic E-state index is -4.01. The monoisotopic (exact) mass is 366 g/mol. The zero-order valence-electron chi connectivity index (χ0n) is 10.9. The van der Waals surface area contributed by atoms with Crippen molar-refractivity contribution in [2.75, 3.05) is 18.9 Å². The van der Waals surface area contributed by atoms with Gasteiger partial charge in [-0.2, -0.15) is 0 Å². The maximum atomic E-state index is 14.0. The quantitative estimate of drug-likeness (QED) is 0.801. The molecule has 1 aliphatic rings. The summed E-state index contributed by atoms with van der Waals surface area (Å²) in [5.41, 5.74) is 5.01. The molecule has 2 rings (SSSR count). The van der Waals surface area contributed by atoms with E-state index in [2.05, 4.69) is 20.7 Å². The Morgan fingerprint density at radius 2 is 2.20 bits per heavy atom. The van der Waals surface area contributed by atoms with Crippen LogP contribution in [-0.4, -0.2) is 27.2 Å². The van der Waals surface area contributed by atoms with Gasteiger partial charge in [0, 0.05) is 12.3 Å². The standard InChI is InChI=1S/C12H16BrFN2O3S/c1-12(3-2-4-19-7-12)16-20(17,18)10-6-8(15)5-9(13)11(10)14/h5-6,16H,2-4,7,15H2,1H3. The first-order valence-electron chi connectivity index (χ1n) is 6.10. The lowest BCUT2D eigenvalue weighted by Crippen LogP contribution is -2.51. The summed E-state index contributed by atoms with van der Waals surface area (Å²) < 4.78 is 46.5. The van der Waals surface area contributed by atoms with Crippen LogP contribution < -0.4 is 10.5 Å². The molecule has 112 valence electrons. The molecule has 0 amide bonds. The number of nitrogens with two attached hydrogens (primary N) is 1. The van der Waals surface area contributed by atoms with Crippen molar-refractivity contribution < 1.29 is 17.5 Å². The van der Waals surface area contributed by atoms with Gasteiger partial charge in [-0.25, -0.2) is 17.5 Å². The van der Waals surface area contributed by atoms with Gasteiger partial charge in [-0.15, -0.1) is 0 Å². The molecule has 0 bridgehead atoms. The van der Waals surface area contributed by atoms with Crippen LogP contribution in [0.2, 0.25) is 0 Å². The van der Waals surface area contributed by atoms with Crippen LogP contribution in [0.3, 0.4) is 0 Å². The number of rotatable bonds is 3. The summed E-state index contributed by atoms with van der Waals surface area (Å²) in [5, 5.41) is 0. The number of halogens is 2. The van der Waals surface area contributed by atoms with Crippen LogP contribution in [0.15, 0.2) is 21.5 Å². The summed E-state index contributed by atoms with van der Waals surface area (Å²) in [4.78, 5) is -0.462. The summed E-state index contributed by atoms with van der Waals surface area (Å²) in [6, 6.07) is 2.43. The number of benzene rings is 1. The second kappa shape index (κ2) is 5.59. The SMILES string of the molecule is CC1(NS(=O)(=O)c2cc(N)cc(Br)c2F)CCCOC1. The molecule has 1 aliphatic heterocycles. The number of hydrogen-bond acceptors (Lipinski definition) is 4. The minimum absolute atomic E-state index is 0.0166. The van der Waals surface area contributed by atoms with Crippen LogP contribution in [0.25, 0.3) is 0 Å². The Kier molecular flexibility index (Phi) is 4.38. The van der Waals surface area contributed by atoms with E-state index in [0.717, 1.165) is 12.5 Å². The van der Waals surface area contributed by atoms with Crippen LogP contribution in [0.1, 0.15) is 19.8 Å². The zero-order valence-corrected chi connectivity index (χ0v) is 13.4. The Labute approximate surface area is 125 Å². The molecular formula is C12H16BrFN2O3S. The van der Waals surface area contributed by atoms with Gasteiger partial charge in [-0.1, -0.05) is 0 Å². The number of hydrogen-bond donors (Lipinski definition) is 2. The van der Waals surface area contributed by atoms with E-state index >= 15 is 0 Å². The van der Waals surface area contributed by atoms with Gasteiger partial charge in [0.25, 0.3) is 0 Å². The lowest BCUT2D eigenvalue weighted by molar-refractivity contribution is 0.0386. The highest BCUT2D eigenvalue weighted by Crippen LogP contribution is 2.28. The second-order valence-electron chi connectivity index (χ2n) is 5.14. The molecule has 0 aliphatic carbocycles. The molecular weight excluding hydrogens is 351 g/mol. The highest BCUT2D eigenvalue weighted by molar-refractivity contribution is 9.10. The summed E-state index contributed by atoms with van der Waals surface area (Å²) >= 11 is 2.96. The Morgan fingerprint density at radius 3 is 2.80 bits per heavy atom. The van der Waals surface area contributed by atoms with Gasteiger partial charge in [0.1, 0.15) is 4.90 Å². The number of nitrogens with one attached hydrogen (secondary N) is 1. The van der Waals surface area contributed by atoms with Crippen molar-refractivity contribution in [1.29, 1.82) is 0 Å². The molecule has 8 heteroatoms. The molecule has 5 nitrogen and oxygen atoms in total. The molecule has 1 aromatic rings. The highest BCUT2D eigenvalue weighted by atomic mass is 79.9. The topological polar surface area (TPSA) is 81.4 Å². The van der Waals surface area contributed by atoms with Crippen molar-refractivity contribution in [1.82, 2.24) is 4.72 Å². The number of nitrogen functional groups attached to an aromatic ring is 1. The van der Waals surface area contributed by atoms with Crippen molar-refractivity contribution in [2.24, 2.45) is 0 Å². The van der Waals surface area contributed by atoms with Gasteiger partial charge in [0.2, 0.25) is 10.0 Å². The van der Waals surface area contributed by atoms with E-state index in [0.29, 0.717) is 13.0 Å². The molecule has 1 heterocycles. The van der Waals surface area contributed by atoms with E-state index in [4.69, 9.17) is 10.5 Å². The number of ether oxygens (including phenoxy) is 1. The largest absolute Gasteiger partial charge is 0.399 e. The van der Waals surface area contributed by atoms with Gasteiger partial charge in [0.05, 0.1) is 16.6 Å². The lowest BCUT2D eigenvalue weighted by Gasteiger charge is -2.33. The predicted octanol–water partition coefficient (Wildman–Crippen LogP) is 2.02. The molecule has 1 aromatic carbocycles. The summed E-state index contributed by atoms with van der Waals surface area (Å²) in [6.07, 6.45) is 1.39. The van der Waals surface area contributed by atoms with E-state index in [1.807, 2.05) is 0 Å². The fourth-order valence-electron chi connectivity index (χ4n) is 2.17. The number of sulfonamides is 1. The summed E-state index contributed by atoms with van der Waals surface area (Å²) in [6.45, 7) is 2.61. The van der Waals surface area contributed by atoms with E-state index in [-0.39, 0.29) is 16.8 Å². The van der Waals surface area contributed by atoms with Gasteiger partial charge in [0.15, 0.2) is 5.82 Å². The zero-order chi connectivity index (χ0) is 15.0. The fraction of sp³-hybridized carbons (Fsp3) is 0.500. The smallest absolute Gasteiger partial charge is 0.244 e. The van der Waals surface area contributed by atoms with Crippen LogP contribution in [-0.2, 0) is 14.8 Å². The van der Waals surface area contributed by atoms with Crippen molar-refractivity contribution in [3.8, 4) is 0 Å². The Bertz CT molecular complexity index is 615. The maximum absolute atomic E-state index is 14.0. The summed E-state index contributed by atoms with van der Waals surface area (Å²) in [7, 11) is -4.01. The van der Waals surface area contributed by atoms with Crippen LogP contribution >= 0.6 is 15.9 Å². The van der Waals surface area contributed by atoms with Crippen LogP contribution in [0, 0.1) is 5.82 Å². The highest BCUT2D eigenvalue weighted by Gasteiger charge is 2.34. The van der Waals surface area contributed by atoms with Gasteiger partial charge < -0.3 is 10.5 Å². The van der Waals surface area contributed by atoms with Crippen molar-refractivity contribution in [2.45, 2.75) is 30.2 Å². The molecule has 0 saturated carbocycles. The van der Waals surface area contributed by atoms with Crippen molar-refractivity contribution in [3.63, 3.8) is 0 Å². The van der Waals surface area contributed by atoms with Crippen LogP contribution in [0.4, 0.5) is 10.1 Å². The Morgan fingerprint density at radius 1 is 1.50 bits per heavy atom. The minimum Gasteiger partial charge on any atom is -0.399 e. The Balaban J connectivity index is 2.36. The van der Waals surface area contributed by atoms with E-state index in [1.54, 1.807) is 6.92 Å². The fourth-order valence-corrected chi connectivity index (χ4v) is 4.34. The maximum Gasteiger partial charge on any atom is 0.244 e. The molecule has 0 aromatic heterocycles. The van der Waals surface area contributed by atoms with E-state index in [1.165, 1.54) is 6.07 Å². The average Bonchev–Trinajstić information content (AvgIpc) is 2.33. The van der Waals surface area contributed by atoms with Crippen molar-refractivity contribution >= 4 is 31.6 Å². The van der Waals surface area contributed by atoms with Gasteiger partial charge in [-0.3, -0.25) is 0 Å². The second-order valence-corrected chi connectivity index (χ2v) is 7.64. The molecule has 0 radical (unpaired) electrons. The molecule has 3 N–H and O–H groups in total. The third kappa shape index (κ3) is 3.30. The molecule has 1 atom stereocenters.